The molecule has 124 valence electrons. The van der Waals surface area contributed by atoms with E-state index in [9.17, 15) is 4.79 Å². The van der Waals surface area contributed by atoms with Gasteiger partial charge in [-0.2, -0.15) is 0 Å². The molecule has 0 fully saturated rings. The van der Waals surface area contributed by atoms with E-state index in [-0.39, 0.29) is 5.78 Å². The number of benzene rings is 1. The number of hydrogen-bond acceptors (Lipinski definition) is 6. The van der Waals surface area contributed by atoms with Crippen molar-refractivity contribution in [3.8, 4) is 0 Å². The summed E-state index contributed by atoms with van der Waals surface area (Å²) in [6.45, 7) is 4.71. The molecule has 1 aromatic carbocycles. The minimum atomic E-state index is 0.0582. The Kier molecular flexibility index (Phi) is 5.10. The highest BCUT2D eigenvalue weighted by Crippen LogP contribution is 2.19. The van der Waals surface area contributed by atoms with Crippen molar-refractivity contribution in [3.63, 3.8) is 0 Å². The highest BCUT2D eigenvalue weighted by Gasteiger charge is 2.13. The summed E-state index contributed by atoms with van der Waals surface area (Å²) in [4.78, 5) is 12.3. The lowest BCUT2D eigenvalue weighted by atomic mass is 10.0. The number of carbonyl (C=O) groups excluding carboxylic acids is 1. The van der Waals surface area contributed by atoms with Crippen LogP contribution in [0.15, 0.2) is 52.2 Å². The molecular weight excluding hydrogens is 324 g/mol. The van der Waals surface area contributed by atoms with Crippen LogP contribution in [0.25, 0.3) is 0 Å². The molecule has 0 amide bonds. The fourth-order valence-electron chi connectivity index (χ4n) is 2.22. The van der Waals surface area contributed by atoms with Crippen LogP contribution in [0.3, 0.4) is 0 Å². The van der Waals surface area contributed by atoms with Crippen molar-refractivity contribution >= 4 is 17.5 Å². The van der Waals surface area contributed by atoms with Gasteiger partial charge in [0.15, 0.2) is 5.78 Å². The first-order valence-corrected chi connectivity index (χ1v) is 8.66. The summed E-state index contributed by atoms with van der Waals surface area (Å²) >= 11 is 1.32. The van der Waals surface area contributed by atoms with Crippen LogP contribution in [-0.4, -0.2) is 31.7 Å². The number of rotatable bonds is 7. The van der Waals surface area contributed by atoms with Crippen LogP contribution in [0, 0.1) is 0 Å². The predicted octanol–water partition coefficient (Wildman–Crippen LogP) is 3.41. The maximum absolute atomic E-state index is 12.3. The fourth-order valence-corrected chi connectivity index (χ4v) is 2.99. The summed E-state index contributed by atoms with van der Waals surface area (Å²) in [6.07, 6.45) is 1.61. The average Bonchev–Trinajstić information content (AvgIpc) is 3.25. The molecule has 0 N–H and O–H groups in total. The lowest BCUT2D eigenvalue weighted by molar-refractivity contribution is 0.102. The molecule has 2 aromatic heterocycles. The van der Waals surface area contributed by atoms with E-state index in [1.54, 1.807) is 10.9 Å². The number of hydrogen-bond donors (Lipinski definition) is 0. The van der Waals surface area contributed by atoms with Crippen molar-refractivity contribution in [2.75, 3.05) is 5.75 Å². The highest BCUT2D eigenvalue weighted by atomic mass is 32.2. The number of ketones is 1. The van der Waals surface area contributed by atoms with Crippen molar-refractivity contribution in [2.24, 2.45) is 0 Å². The molecule has 3 aromatic rings. The quantitative estimate of drug-likeness (QED) is 0.484. The first-order chi connectivity index (χ1) is 11.6. The highest BCUT2D eigenvalue weighted by molar-refractivity contribution is 7.99. The number of nitrogens with zero attached hydrogens (tertiary/aromatic N) is 4. The van der Waals surface area contributed by atoms with Gasteiger partial charge in [-0.25, -0.2) is 4.68 Å². The van der Waals surface area contributed by atoms with E-state index >= 15 is 0 Å². The third-order valence-corrected chi connectivity index (χ3v) is 4.57. The molecule has 0 aliphatic heterocycles. The number of Topliss-reactive ketones (excluding diaryl/α,β-unsaturated/α-hetero) is 1. The largest absolute Gasteiger partial charge is 0.467 e. The molecule has 7 heteroatoms. The molecule has 2 heterocycles. The molecular formula is C17H18N4O2S. The summed E-state index contributed by atoms with van der Waals surface area (Å²) in [5.41, 5.74) is 1.93. The molecule has 0 aliphatic carbocycles. The van der Waals surface area contributed by atoms with Gasteiger partial charge in [0.25, 0.3) is 0 Å². The Morgan fingerprint density at radius 3 is 2.71 bits per heavy atom. The Morgan fingerprint density at radius 2 is 2.04 bits per heavy atom. The summed E-state index contributed by atoms with van der Waals surface area (Å²) in [5, 5.41) is 12.2. The zero-order chi connectivity index (χ0) is 16.9. The van der Waals surface area contributed by atoms with Crippen molar-refractivity contribution in [2.45, 2.75) is 31.5 Å². The van der Waals surface area contributed by atoms with Gasteiger partial charge in [0.2, 0.25) is 5.16 Å². The molecule has 0 aliphatic rings. The average molecular weight is 342 g/mol. The lowest BCUT2D eigenvalue weighted by Gasteiger charge is -2.06. The first-order valence-electron chi connectivity index (χ1n) is 7.68. The first kappa shape index (κ1) is 16.4. The van der Waals surface area contributed by atoms with Gasteiger partial charge >= 0.3 is 0 Å². The minimum Gasteiger partial charge on any atom is -0.467 e. The van der Waals surface area contributed by atoms with E-state index in [2.05, 4.69) is 29.4 Å². The van der Waals surface area contributed by atoms with Gasteiger partial charge in [-0.3, -0.25) is 4.79 Å². The van der Waals surface area contributed by atoms with Gasteiger partial charge in [0.1, 0.15) is 12.3 Å². The zero-order valence-electron chi connectivity index (χ0n) is 13.5. The Bertz CT molecular complexity index is 794. The third kappa shape index (κ3) is 3.91. The summed E-state index contributed by atoms with van der Waals surface area (Å²) in [7, 11) is 0. The molecule has 0 saturated carbocycles. The number of furan rings is 1. The van der Waals surface area contributed by atoms with E-state index in [1.165, 1.54) is 17.3 Å². The van der Waals surface area contributed by atoms with Crippen molar-refractivity contribution in [1.82, 2.24) is 20.2 Å². The topological polar surface area (TPSA) is 73.8 Å². The molecule has 0 saturated heterocycles. The third-order valence-electron chi connectivity index (χ3n) is 3.62. The zero-order valence-corrected chi connectivity index (χ0v) is 14.4. The molecule has 0 unspecified atom stereocenters. The van der Waals surface area contributed by atoms with E-state index in [1.807, 2.05) is 36.4 Å². The Hall–Kier alpha value is -2.41. The van der Waals surface area contributed by atoms with Crippen LogP contribution in [0.1, 0.15) is 41.4 Å². The number of aromatic nitrogens is 4. The number of carbonyl (C=O) groups is 1. The van der Waals surface area contributed by atoms with Gasteiger partial charge in [-0.1, -0.05) is 49.9 Å². The second-order valence-corrected chi connectivity index (χ2v) is 6.63. The van der Waals surface area contributed by atoms with Crippen LogP contribution in [-0.2, 0) is 6.54 Å². The van der Waals surface area contributed by atoms with Crippen LogP contribution < -0.4 is 0 Å². The van der Waals surface area contributed by atoms with Gasteiger partial charge in [0.05, 0.1) is 12.0 Å². The van der Waals surface area contributed by atoms with Crippen molar-refractivity contribution in [1.29, 1.82) is 0 Å². The monoisotopic (exact) mass is 342 g/mol. The maximum Gasteiger partial charge on any atom is 0.210 e. The second-order valence-electron chi connectivity index (χ2n) is 5.69. The molecule has 6 nitrogen and oxygen atoms in total. The molecule has 0 spiro atoms. The molecule has 0 bridgehead atoms. The van der Waals surface area contributed by atoms with Gasteiger partial charge in [0, 0.05) is 5.56 Å². The van der Waals surface area contributed by atoms with E-state index in [0.29, 0.717) is 28.9 Å². The Morgan fingerprint density at radius 1 is 1.25 bits per heavy atom. The van der Waals surface area contributed by atoms with Crippen LogP contribution in [0.4, 0.5) is 0 Å². The van der Waals surface area contributed by atoms with Crippen molar-refractivity contribution < 1.29 is 9.21 Å². The van der Waals surface area contributed by atoms with Crippen molar-refractivity contribution in [3.05, 3.63) is 59.5 Å². The van der Waals surface area contributed by atoms with E-state index in [0.717, 1.165) is 5.76 Å². The SMILES string of the molecule is CC(C)c1ccc(C(=O)CSc2nnnn2Cc2ccco2)cc1. The van der Waals surface area contributed by atoms with E-state index < -0.39 is 0 Å². The second kappa shape index (κ2) is 7.44. The molecule has 24 heavy (non-hydrogen) atoms. The van der Waals surface area contributed by atoms with Gasteiger partial charge in [-0.15, -0.1) is 5.10 Å². The number of tetrazole rings is 1. The number of thioether (sulfide) groups is 1. The summed E-state index contributed by atoms with van der Waals surface area (Å²) in [5.74, 6) is 1.57. The fraction of sp³-hybridized carbons (Fsp3) is 0.294. The lowest BCUT2D eigenvalue weighted by Crippen LogP contribution is -2.06. The van der Waals surface area contributed by atoms with Crippen LogP contribution in [0.2, 0.25) is 0 Å². The van der Waals surface area contributed by atoms with Crippen LogP contribution in [0.5, 0.6) is 0 Å². The maximum atomic E-state index is 12.3. The Balaban J connectivity index is 1.61. The standard InChI is InChI=1S/C17H18N4O2S/c1-12(2)13-5-7-14(8-6-13)16(22)11-24-17-18-19-20-21(17)10-15-4-3-9-23-15/h3-9,12H,10-11H2,1-2H3. The smallest absolute Gasteiger partial charge is 0.210 e. The minimum absolute atomic E-state index is 0.0582. The normalized spacial score (nSPS) is 11.1. The van der Waals surface area contributed by atoms with Crippen LogP contribution >= 0.6 is 11.8 Å². The molecule has 3 rings (SSSR count). The Labute approximate surface area is 144 Å². The molecule has 0 radical (unpaired) electrons. The summed E-state index contributed by atoms with van der Waals surface area (Å²) in [6, 6.07) is 11.4. The summed E-state index contributed by atoms with van der Waals surface area (Å²) < 4.78 is 6.92. The molecule has 0 atom stereocenters. The predicted molar refractivity (Wildman–Crippen MR) is 91.2 cm³/mol. The van der Waals surface area contributed by atoms with E-state index in [4.69, 9.17) is 4.42 Å². The van der Waals surface area contributed by atoms with Gasteiger partial charge < -0.3 is 4.42 Å². The van der Waals surface area contributed by atoms with Gasteiger partial charge in [-0.05, 0) is 34.0 Å².